The Morgan fingerprint density at radius 2 is 1.81 bits per heavy atom. The molecule has 0 bridgehead atoms. The van der Waals surface area contributed by atoms with Crippen LogP contribution in [-0.4, -0.2) is 17.3 Å². The van der Waals surface area contributed by atoms with Gasteiger partial charge in [0.25, 0.3) is 5.69 Å². The summed E-state index contributed by atoms with van der Waals surface area (Å²) in [6.07, 6.45) is 0.450. The Balaban J connectivity index is 1.95. The van der Waals surface area contributed by atoms with Crippen molar-refractivity contribution in [2.45, 2.75) is 13.3 Å². The second-order valence-corrected chi connectivity index (χ2v) is 4.56. The van der Waals surface area contributed by atoms with Gasteiger partial charge in [-0.15, -0.1) is 0 Å². The van der Waals surface area contributed by atoms with Crippen LogP contribution >= 0.6 is 0 Å². The molecule has 0 amide bonds. The van der Waals surface area contributed by atoms with Crippen molar-refractivity contribution in [3.8, 4) is 5.75 Å². The molecule has 0 unspecified atom stereocenters. The number of ether oxygens (including phenoxy) is 1. The number of hydrogen-bond donors (Lipinski definition) is 0. The monoisotopic (exact) mass is 285 g/mol. The highest BCUT2D eigenvalue weighted by atomic mass is 16.6. The van der Waals surface area contributed by atoms with E-state index in [2.05, 4.69) is 0 Å². The first-order valence-electron chi connectivity index (χ1n) is 6.54. The summed E-state index contributed by atoms with van der Waals surface area (Å²) in [5, 5.41) is 10.9. The van der Waals surface area contributed by atoms with Crippen molar-refractivity contribution in [3.63, 3.8) is 0 Å². The van der Waals surface area contributed by atoms with Crippen molar-refractivity contribution in [2.75, 3.05) is 6.61 Å². The zero-order valence-electron chi connectivity index (χ0n) is 11.6. The molecule has 0 aliphatic heterocycles. The number of carbonyl (C=O) groups is 1. The van der Waals surface area contributed by atoms with Crippen LogP contribution in [0, 0.1) is 10.1 Å². The van der Waals surface area contributed by atoms with Crippen molar-refractivity contribution in [1.82, 2.24) is 0 Å². The Bertz CT molecular complexity index is 650. The summed E-state index contributed by atoms with van der Waals surface area (Å²) < 4.78 is 5.55. The van der Waals surface area contributed by atoms with Crippen molar-refractivity contribution in [2.24, 2.45) is 0 Å². The topological polar surface area (TPSA) is 69.4 Å². The maximum atomic E-state index is 11.2. The van der Waals surface area contributed by atoms with E-state index in [1.165, 1.54) is 13.0 Å². The summed E-state index contributed by atoms with van der Waals surface area (Å²) in [4.78, 5) is 21.6. The summed E-state index contributed by atoms with van der Waals surface area (Å²) in [5.74, 6) is 0.639. The van der Waals surface area contributed by atoms with Crippen molar-refractivity contribution < 1.29 is 14.5 Å². The lowest BCUT2D eigenvalue weighted by Crippen LogP contribution is -2.04. The van der Waals surface area contributed by atoms with Gasteiger partial charge < -0.3 is 4.74 Å². The molecule has 0 aromatic heterocycles. The Morgan fingerprint density at radius 1 is 1.14 bits per heavy atom. The minimum Gasteiger partial charge on any atom is -0.493 e. The van der Waals surface area contributed by atoms with E-state index in [1.807, 2.05) is 0 Å². The first-order chi connectivity index (χ1) is 10.1. The minimum absolute atomic E-state index is 0.00135. The highest BCUT2D eigenvalue weighted by Gasteiger charge is 2.11. The zero-order valence-corrected chi connectivity index (χ0v) is 11.6. The first-order valence-corrected chi connectivity index (χ1v) is 6.54. The average molecular weight is 285 g/mol. The molecule has 0 N–H and O–H groups in total. The van der Waals surface area contributed by atoms with E-state index in [1.54, 1.807) is 42.5 Å². The van der Waals surface area contributed by atoms with Gasteiger partial charge in [0.15, 0.2) is 5.78 Å². The molecule has 0 saturated heterocycles. The lowest BCUT2D eigenvalue weighted by atomic mass is 10.1. The van der Waals surface area contributed by atoms with E-state index in [0.717, 1.165) is 0 Å². The molecule has 2 rings (SSSR count). The minimum atomic E-state index is -0.392. The summed E-state index contributed by atoms with van der Waals surface area (Å²) in [5.41, 5.74) is 1.37. The third-order valence-corrected chi connectivity index (χ3v) is 3.09. The normalized spacial score (nSPS) is 10.1. The second-order valence-electron chi connectivity index (χ2n) is 4.56. The lowest BCUT2D eigenvalue weighted by molar-refractivity contribution is -0.385. The third kappa shape index (κ3) is 3.89. The fourth-order valence-corrected chi connectivity index (χ4v) is 1.97. The number of para-hydroxylation sites is 1. The number of rotatable bonds is 6. The van der Waals surface area contributed by atoms with Crippen LogP contribution < -0.4 is 4.74 Å². The third-order valence-electron chi connectivity index (χ3n) is 3.09. The number of ketones is 1. The molecule has 0 heterocycles. The van der Waals surface area contributed by atoms with Gasteiger partial charge in [-0.3, -0.25) is 14.9 Å². The van der Waals surface area contributed by atoms with Crippen molar-refractivity contribution in [3.05, 3.63) is 69.8 Å². The predicted octanol–water partition coefficient (Wildman–Crippen LogP) is 3.42. The van der Waals surface area contributed by atoms with Gasteiger partial charge in [-0.1, -0.05) is 18.2 Å². The molecule has 5 nitrogen and oxygen atoms in total. The van der Waals surface area contributed by atoms with Gasteiger partial charge >= 0.3 is 0 Å². The average Bonchev–Trinajstić information content (AvgIpc) is 2.48. The largest absolute Gasteiger partial charge is 0.493 e. The number of Topliss-reactive ketones (excluding diaryl/α,β-unsaturated/α-hetero) is 1. The van der Waals surface area contributed by atoms with Crippen molar-refractivity contribution in [1.29, 1.82) is 0 Å². The molecule has 0 spiro atoms. The van der Waals surface area contributed by atoms with E-state index >= 15 is 0 Å². The number of hydrogen-bond acceptors (Lipinski definition) is 4. The van der Waals surface area contributed by atoms with Gasteiger partial charge in [0.1, 0.15) is 5.75 Å². The maximum Gasteiger partial charge on any atom is 0.272 e. The Kier molecular flexibility index (Phi) is 4.66. The van der Waals surface area contributed by atoms with Gasteiger partial charge in [0.05, 0.1) is 11.5 Å². The molecule has 0 radical (unpaired) electrons. The molecule has 0 saturated carbocycles. The predicted molar refractivity (Wildman–Crippen MR) is 78.7 cm³/mol. The molecule has 0 fully saturated rings. The van der Waals surface area contributed by atoms with Gasteiger partial charge in [-0.2, -0.15) is 0 Å². The summed E-state index contributed by atoms with van der Waals surface area (Å²) in [6.45, 7) is 1.84. The van der Waals surface area contributed by atoms with E-state index in [0.29, 0.717) is 29.9 Å². The molecule has 2 aromatic rings. The van der Waals surface area contributed by atoms with E-state index in [9.17, 15) is 14.9 Å². The van der Waals surface area contributed by atoms with Crippen LogP contribution in [0.25, 0.3) is 0 Å². The fraction of sp³-hybridized carbons (Fsp3) is 0.188. The van der Waals surface area contributed by atoms with Gasteiger partial charge in [0, 0.05) is 23.6 Å². The first kappa shape index (κ1) is 14.7. The standard InChI is InChI=1S/C16H15NO4/c1-12(18)13-6-8-15(9-7-13)21-11-10-14-4-2-3-5-16(14)17(19)20/h2-9H,10-11H2,1H3. The molecule has 5 heteroatoms. The van der Waals surface area contributed by atoms with Crippen LogP contribution in [-0.2, 0) is 6.42 Å². The second kappa shape index (κ2) is 6.65. The molecule has 21 heavy (non-hydrogen) atoms. The van der Waals surface area contributed by atoms with Crippen LogP contribution in [0.1, 0.15) is 22.8 Å². The van der Waals surface area contributed by atoms with E-state index in [4.69, 9.17) is 4.74 Å². The SMILES string of the molecule is CC(=O)c1ccc(OCCc2ccccc2[N+](=O)[O-])cc1. The molecule has 0 aliphatic rings. The molecular weight excluding hydrogens is 270 g/mol. The molecule has 108 valence electrons. The molecule has 0 atom stereocenters. The van der Waals surface area contributed by atoms with Crippen LogP contribution in [0.2, 0.25) is 0 Å². The van der Waals surface area contributed by atoms with Crippen molar-refractivity contribution >= 4 is 11.5 Å². The van der Waals surface area contributed by atoms with Crippen LogP contribution in [0.15, 0.2) is 48.5 Å². The summed E-state index contributed by atoms with van der Waals surface area (Å²) >= 11 is 0. The Hall–Kier alpha value is -2.69. The van der Waals surface area contributed by atoms with E-state index in [-0.39, 0.29) is 11.5 Å². The van der Waals surface area contributed by atoms with Gasteiger partial charge in [-0.05, 0) is 31.2 Å². The Labute approximate surface area is 122 Å². The molecule has 0 aliphatic carbocycles. The number of nitro groups is 1. The van der Waals surface area contributed by atoms with Crippen LogP contribution in [0.5, 0.6) is 5.75 Å². The smallest absolute Gasteiger partial charge is 0.272 e. The fourth-order valence-electron chi connectivity index (χ4n) is 1.97. The highest BCUT2D eigenvalue weighted by molar-refractivity contribution is 5.94. The van der Waals surface area contributed by atoms with Gasteiger partial charge in [-0.25, -0.2) is 0 Å². The van der Waals surface area contributed by atoms with E-state index < -0.39 is 4.92 Å². The zero-order chi connectivity index (χ0) is 15.2. The van der Waals surface area contributed by atoms with Crippen LogP contribution in [0.4, 0.5) is 5.69 Å². The number of carbonyl (C=O) groups excluding carboxylic acids is 1. The van der Waals surface area contributed by atoms with Gasteiger partial charge in [0.2, 0.25) is 0 Å². The maximum absolute atomic E-state index is 11.2. The summed E-state index contributed by atoms with van der Waals surface area (Å²) in [7, 11) is 0. The molecule has 2 aromatic carbocycles. The number of benzene rings is 2. The quantitative estimate of drug-likeness (QED) is 0.463. The Morgan fingerprint density at radius 3 is 2.43 bits per heavy atom. The number of nitro benzene ring substituents is 1. The number of nitrogens with zero attached hydrogens (tertiary/aromatic N) is 1. The molecular formula is C16H15NO4. The summed E-state index contributed by atoms with van der Waals surface area (Å²) in [6, 6.07) is 13.4. The highest BCUT2D eigenvalue weighted by Crippen LogP contribution is 2.19. The lowest BCUT2D eigenvalue weighted by Gasteiger charge is -2.07. The van der Waals surface area contributed by atoms with Crippen LogP contribution in [0.3, 0.4) is 0 Å².